The van der Waals surface area contributed by atoms with Crippen molar-refractivity contribution in [2.75, 3.05) is 6.61 Å². The van der Waals surface area contributed by atoms with Crippen molar-refractivity contribution in [3.63, 3.8) is 0 Å². The van der Waals surface area contributed by atoms with Gasteiger partial charge in [-0.15, -0.1) is 0 Å². The van der Waals surface area contributed by atoms with Crippen molar-refractivity contribution in [2.24, 2.45) is 0 Å². The highest BCUT2D eigenvalue weighted by molar-refractivity contribution is 6.46. The van der Waals surface area contributed by atoms with E-state index in [1.807, 2.05) is 0 Å². The second kappa shape index (κ2) is 10.0. The third-order valence-electron chi connectivity index (χ3n) is 5.56. The van der Waals surface area contributed by atoms with Crippen LogP contribution in [0.15, 0.2) is 91.3 Å². The van der Waals surface area contributed by atoms with Gasteiger partial charge in [0.1, 0.15) is 18.1 Å². The lowest BCUT2D eigenvalue weighted by Crippen LogP contribution is -2.29. The molecular formula is C26H21N3O6. The molecule has 9 nitrogen and oxygen atoms in total. The number of aliphatic hydroxyl groups excluding tert-OH is 1. The summed E-state index contributed by atoms with van der Waals surface area (Å²) in [5.41, 5.74) is 1.28. The number of aromatic nitrogens is 1. The van der Waals surface area contributed by atoms with Crippen molar-refractivity contribution < 1.29 is 24.4 Å². The minimum Gasteiger partial charge on any atom is -0.507 e. The summed E-state index contributed by atoms with van der Waals surface area (Å²) in [6.45, 7) is 3.99. The molecule has 2 aromatic carbocycles. The zero-order chi connectivity index (χ0) is 24.9. The molecule has 1 amide bonds. The van der Waals surface area contributed by atoms with E-state index >= 15 is 0 Å². The minimum absolute atomic E-state index is 0.0832. The van der Waals surface area contributed by atoms with E-state index in [1.54, 1.807) is 54.9 Å². The molecule has 0 spiro atoms. The molecule has 0 radical (unpaired) electrons. The molecular weight excluding hydrogens is 450 g/mol. The Hall–Kier alpha value is -4.79. The number of Topliss-reactive ketones (excluding diaryl/α,β-unsaturated/α-hetero) is 1. The van der Waals surface area contributed by atoms with Gasteiger partial charge in [-0.2, -0.15) is 0 Å². The number of non-ortho nitro benzene ring substituents is 1. The number of rotatable bonds is 8. The summed E-state index contributed by atoms with van der Waals surface area (Å²) in [5.74, 6) is -1.42. The van der Waals surface area contributed by atoms with Crippen molar-refractivity contribution in [2.45, 2.75) is 12.6 Å². The molecule has 9 heteroatoms. The second-order valence-electron chi connectivity index (χ2n) is 7.76. The van der Waals surface area contributed by atoms with Crippen molar-refractivity contribution in [1.82, 2.24) is 9.88 Å². The number of ether oxygens (including phenoxy) is 1. The number of nitrogens with zero attached hydrogens (tertiary/aromatic N) is 3. The lowest BCUT2D eigenvalue weighted by atomic mass is 9.95. The van der Waals surface area contributed by atoms with Crippen LogP contribution in [-0.2, 0) is 16.1 Å². The van der Waals surface area contributed by atoms with Crippen LogP contribution in [0, 0.1) is 10.1 Å². The number of pyridine rings is 1. The van der Waals surface area contributed by atoms with Crippen LogP contribution in [0.5, 0.6) is 5.75 Å². The van der Waals surface area contributed by atoms with Gasteiger partial charge in [0.2, 0.25) is 0 Å². The van der Waals surface area contributed by atoms with Gasteiger partial charge in [-0.3, -0.25) is 24.7 Å². The van der Waals surface area contributed by atoms with Crippen molar-refractivity contribution in [1.29, 1.82) is 0 Å². The van der Waals surface area contributed by atoms with Crippen LogP contribution in [0.2, 0.25) is 0 Å². The first kappa shape index (κ1) is 23.4. The Bertz CT molecular complexity index is 1300. The molecule has 0 saturated carbocycles. The van der Waals surface area contributed by atoms with Crippen LogP contribution in [0.4, 0.5) is 5.69 Å². The Labute approximate surface area is 200 Å². The van der Waals surface area contributed by atoms with Gasteiger partial charge in [-0.1, -0.05) is 12.7 Å². The van der Waals surface area contributed by atoms with E-state index in [0.717, 1.165) is 5.56 Å². The summed E-state index contributed by atoms with van der Waals surface area (Å²) in [6.07, 6.45) is 4.74. The lowest BCUT2D eigenvalue weighted by molar-refractivity contribution is -0.384. The van der Waals surface area contributed by atoms with Gasteiger partial charge in [0, 0.05) is 36.6 Å². The molecule has 1 atom stereocenters. The number of ketones is 1. The van der Waals surface area contributed by atoms with Crippen LogP contribution < -0.4 is 4.74 Å². The van der Waals surface area contributed by atoms with Crippen molar-refractivity contribution in [3.8, 4) is 5.75 Å². The highest BCUT2D eigenvalue weighted by atomic mass is 16.6. The molecule has 1 fully saturated rings. The van der Waals surface area contributed by atoms with Crippen LogP contribution >= 0.6 is 0 Å². The normalized spacial score (nSPS) is 16.8. The van der Waals surface area contributed by atoms with Crippen LogP contribution in [0.1, 0.15) is 22.7 Å². The van der Waals surface area contributed by atoms with Gasteiger partial charge in [0.15, 0.2) is 0 Å². The summed E-state index contributed by atoms with van der Waals surface area (Å²) in [7, 11) is 0. The maximum absolute atomic E-state index is 13.1. The van der Waals surface area contributed by atoms with Gasteiger partial charge >= 0.3 is 0 Å². The minimum atomic E-state index is -0.944. The lowest BCUT2D eigenvalue weighted by Gasteiger charge is -2.25. The predicted molar refractivity (Wildman–Crippen MR) is 127 cm³/mol. The number of hydrogen-bond donors (Lipinski definition) is 1. The summed E-state index contributed by atoms with van der Waals surface area (Å²) < 4.78 is 5.45. The highest BCUT2D eigenvalue weighted by Crippen LogP contribution is 2.40. The fraction of sp³-hybridized carbons (Fsp3) is 0.115. The quantitative estimate of drug-likeness (QED) is 0.131. The average Bonchev–Trinajstić information content (AvgIpc) is 3.13. The molecule has 2 heterocycles. The van der Waals surface area contributed by atoms with Crippen LogP contribution in [0.3, 0.4) is 0 Å². The van der Waals surface area contributed by atoms with E-state index in [0.29, 0.717) is 23.5 Å². The Balaban J connectivity index is 1.79. The van der Waals surface area contributed by atoms with Gasteiger partial charge in [0.25, 0.3) is 17.4 Å². The SMILES string of the molecule is C=CCOc1ccc(C(O)=C2C(=O)C(=O)N(Cc3ccncc3)C2c2ccc([N+](=O)[O-])cc2)cc1. The van der Waals surface area contributed by atoms with E-state index in [4.69, 9.17) is 4.74 Å². The molecule has 1 saturated heterocycles. The Morgan fingerprint density at radius 2 is 1.74 bits per heavy atom. The van der Waals surface area contributed by atoms with E-state index in [-0.39, 0.29) is 23.6 Å². The number of carbonyl (C=O) groups is 2. The molecule has 1 aliphatic heterocycles. The third-order valence-corrected chi connectivity index (χ3v) is 5.56. The molecule has 35 heavy (non-hydrogen) atoms. The molecule has 0 bridgehead atoms. The largest absolute Gasteiger partial charge is 0.507 e. The highest BCUT2D eigenvalue weighted by Gasteiger charge is 2.46. The summed E-state index contributed by atoms with van der Waals surface area (Å²) >= 11 is 0. The van der Waals surface area contributed by atoms with E-state index < -0.39 is 22.7 Å². The summed E-state index contributed by atoms with van der Waals surface area (Å²) in [6, 6.07) is 14.5. The fourth-order valence-electron chi connectivity index (χ4n) is 3.87. The number of nitro groups is 1. The Morgan fingerprint density at radius 1 is 1.09 bits per heavy atom. The molecule has 1 aliphatic rings. The number of nitro benzene ring substituents is 1. The Morgan fingerprint density at radius 3 is 2.34 bits per heavy atom. The second-order valence-corrected chi connectivity index (χ2v) is 7.76. The Kier molecular flexibility index (Phi) is 6.68. The first-order valence-corrected chi connectivity index (χ1v) is 10.7. The van der Waals surface area contributed by atoms with Gasteiger partial charge in [-0.05, 0) is 59.7 Å². The number of carbonyl (C=O) groups excluding carboxylic acids is 2. The van der Waals surface area contributed by atoms with Gasteiger partial charge in [0.05, 0.1) is 16.5 Å². The summed E-state index contributed by atoms with van der Waals surface area (Å²) in [4.78, 5) is 42.1. The average molecular weight is 471 g/mol. The number of likely N-dealkylation sites (tertiary alicyclic amines) is 1. The molecule has 4 rings (SSSR count). The maximum atomic E-state index is 13.1. The first-order chi connectivity index (χ1) is 16.9. The van der Waals surface area contributed by atoms with Crippen LogP contribution in [0.25, 0.3) is 5.76 Å². The molecule has 176 valence electrons. The molecule has 0 aliphatic carbocycles. The number of hydrogen-bond acceptors (Lipinski definition) is 7. The summed E-state index contributed by atoms with van der Waals surface area (Å²) in [5, 5.41) is 22.2. The topological polar surface area (TPSA) is 123 Å². The monoisotopic (exact) mass is 471 g/mol. The maximum Gasteiger partial charge on any atom is 0.295 e. The predicted octanol–water partition coefficient (Wildman–Crippen LogP) is 4.18. The number of amides is 1. The van der Waals surface area contributed by atoms with E-state index in [1.165, 1.54) is 29.2 Å². The molecule has 3 aromatic rings. The first-order valence-electron chi connectivity index (χ1n) is 10.7. The molecule has 1 aromatic heterocycles. The van der Waals surface area contributed by atoms with E-state index in [9.17, 15) is 24.8 Å². The van der Waals surface area contributed by atoms with Crippen molar-refractivity contribution >= 4 is 23.1 Å². The molecule has 1 unspecified atom stereocenters. The van der Waals surface area contributed by atoms with Gasteiger partial charge < -0.3 is 14.7 Å². The zero-order valence-corrected chi connectivity index (χ0v) is 18.5. The van der Waals surface area contributed by atoms with Gasteiger partial charge in [-0.25, -0.2) is 0 Å². The third kappa shape index (κ3) is 4.79. The molecule has 1 N–H and O–H groups in total. The zero-order valence-electron chi connectivity index (χ0n) is 18.5. The number of benzene rings is 2. The van der Waals surface area contributed by atoms with Crippen LogP contribution in [-0.4, -0.2) is 38.2 Å². The fourth-order valence-corrected chi connectivity index (χ4v) is 3.87. The smallest absolute Gasteiger partial charge is 0.295 e. The van der Waals surface area contributed by atoms with E-state index in [2.05, 4.69) is 11.6 Å². The number of aliphatic hydroxyl groups is 1. The standard InChI is InChI=1S/C26H21N3O6/c1-2-15-35-21-9-5-19(6-10-21)24(30)22-23(18-3-7-20(8-4-18)29(33)34)28(26(32)25(22)31)16-17-11-13-27-14-12-17/h2-14,23,30H,1,15-16H2. The van der Waals surface area contributed by atoms with Crippen molar-refractivity contribution in [3.05, 3.63) is 118 Å².